The van der Waals surface area contributed by atoms with Gasteiger partial charge >= 0.3 is 0 Å². The number of likely N-dealkylation sites (tertiary alicyclic amines) is 1. The highest BCUT2D eigenvalue weighted by atomic mass is 32.1. The smallest absolute Gasteiger partial charge is 0.225 e. The molecular weight excluding hydrogens is 358 g/mol. The van der Waals surface area contributed by atoms with Crippen LogP contribution >= 0.6 is 11.3 Å². The van der Waals surface area contributed by atoms with Crippen molar-refractivity contribution in [3.8, 4) is 17.0 Å². The number of rotatable bonds is 8. The number of benzene rings is 1. The van der Waals surface area contributed by atoms with Crippen molar-refractivity contribution in [2.75, 3.05) is 26.7 Å². The Kier molecular flexibility index (Phi) is 6.85. The van der Waals surface area contributed by atoms with Gasteiger partial charge in [-0.15, -0.1) is 11.3 Å². The summed E-state index contributed by atoms with van der Waals surface area (Å²) in [4.78, 5) is 20.8. The fourth-order valence-electron chi connectivity index (χ4n) is 3.54. The highest BCUT2D eigenvalue weighted by Crippen LogP contribution is 2.29. The number of hydrogen-bond donors (Lipinski definition) is 1. The molecule has 146 valence electrons. The number of methoxy groups -OCH3 is 1. The van der Waals surface area contributed by atoms with E-state index in [-0.39, 0.29) is 11.9 Å². The molecule has 0 radical (unpaired) electrons. The fourth-order valence-corrected chi connectivity index (χ4v) is 4.50. The first-order valence-corrected chi connectivity index (χ1v) is 10.5. The van der Waals surface area contributed by atoms with Crippen LogP contribution in [0.2, 0.25) is 0 Å². The second kappa shape index (κ2) is 9.33. The molecule has 0 saturated carbocycles. The first-order chi connectivity index (χ1) is 13.1. The van der Waals surface area contributed by atoms with Gasteiger partial charge < -0.3 is 15.0 Å². The minimum atomic E-state index is 0.0828. The van der Waals surface area contributed by atoms with Crippen molar-refractivity contribution in [3.05, 3.63) is 34.2 Å². The van der Waals surface area contributed by atoms with Crippen molar-refractivity contribution in [1.29, 1.82) is 0 Å². The van der Waals surface area contributed by atoms with Crippen LogP contribution < -0.4 is 10.1 Å². The molecule has 1 amide bonds. The summed E-state index contributed by atoms with van der Waals surface area (Å²) in [6.07, 6.45) is 3.88. The van der Waals surface area contributed by atoms with E-state index in [4.69, 9.17) is 4.74 Å². The van der Waals surface area contributed by atoms with E-state index in [2.05, 4.69) is 22.1 Å². The first-order valence-electron chi connectivity index (χ1n) is 9.71. The van der Waals surface area contributed by atoms with E-state index >= 15 is 0 Å². The summed E-state index contributed by atoms with van der Waals surface area (Å²) in [5.41, 5.74) is 1.93. The lowest BCUT2D eigenvalue weighted by atomic mass is 10.1. The van der Waals surface area contributed by atoms with Gasteiger partial charge in [0.1, 0.15) is 5.75 Å². The molecule has 1 N–H and O–H groups in total. The third-order valence-corrected chi connectivity index (χ3v) is 5.99. The maximum absolute atomic E-state index is 12.7. The molecule has 1 aliphatic heterocycles. The molecule has 1 saturated heterocycles. The lowest BCUT2D eigenvalue weighted by molar-refractivity contribution is -0.121. The Morgan fingerprint density at radius 2 is 2.00 bits per heavy atom. The summed E-state index contributed by atoms with van der Waals surface area (Å²) >= 11 is 1.60. The topological polar surface area (TPSA) is 54.5 Å². The van der Waals surface area contributed by atoms with Crippen LogP contribution in [0, 0.1) is 6.92 Å². The molecule has 6 heteroatoms. The van der Waals surface area contributed by atoms with Crippen LogP contribution in [0.15, 0.2) is 24.3 Å². The van der Waals surface area contributed by atoms with Crippen molar-refractivity contribution in [1.82, 2.24) is 15.2 Å². The number of aromatic nitrogens is 1. The zero-order chi connectivity index (χ0) is 19.2. The molecule has 1 aromatic carbocycles. The van der Waals surface area contributed by atoms with Crippen LogP contribution in [0.25, 0.3) is 11.3 Å². The number of amides is 1. The lowest BCUT2D eigenvalue weighted by Gasteiger charge is -2.23. The molecule has 5 nitrogen and oxygen atoms in total. The number of carbonyl (C=O) groups excluding carboxylic acids is 1. The van der Waals surface area contributed by atoms with E-state index in [0.717, 1.165) is 52.9 Å². The Hall–Kier alpha value is -1.92. The molecule has 0 unspecified atom stereocenters. The quantitative estimate of drug-likeness (QED) is 0.751. The van der Waals surface area contributed by atoms with Gasteiger partial charge in [-0.25, -0.2) is 4.98 Å². The monoisotopic (exact) mass is 387 g/mol. The standard InChI is InChI=1S/C21H29N3O2S/c1-4-17(14-24-11-5-6-12-24)23-20(25)13-19-21(22-15(2)27-19)16-7-9-18(26-3)10-8-16/h7-10,17H,4-6,11-14H2,1-3H3,(H,23,25)/t17-/m0/s1. The third-order valence-electron chi connectivity index (χ3n) is 5.02. The van der Waals surface area contributed by atoms with Crippen LogP contribution in [-0.4, -0.2) is 48.6 Å². The van der Waals surface area contributed by atoms with Crippen LogP contribution in [-0.2, 0) is 11.2 Å². The summed E-state index contributed by atoms with van der Waals surface area (Å²) in [7, 11) is 1.66. The Labute approximate surface area is 165 Å². The van der Waals surface area contributed by atoms with Crippen molar-refractivity contribution in [2.45, 2.75) is 45.6 Å². The molecule has 2 aromatic rings. The van der Waals surface area contributed by atoms with Gasteiger partial charge in [0, 0.05) is 23.0 Å². The Bertz CT molecular complexity index is 751. The Morgan fingerprint density at radius 1 is 1.30 bits per heavy atom. The maximum atomic E-state index is 12.7. The zero-order valence-electron chi connectivity index (χ0n) is 16.5. The van der Waals surface area contributed by atoms with Crippen LogP contribution in [0.1, 0.15) is 36.1 Å². The molecule has 0 aliphatic carbocycles. The summed E-state index contributed by atoms with van der Waals surface area (Å²) in [6.45, 7) is 7.39. The van der Waals surface area contributed by atoms with E-state index in [0.29, 0.717) is 6.42 Å². The number of carbonyl (C=O) groups is 1. The van der Waals surface area contributed by atoms with Gasteiger partial charge in [-0.3, -0.25) is 4.79 Å². The largest absolute Gasteiger partial charge is 0.497 e. The van der Waals surface area contributed by atoms with Gasteiger partial charge in [-0.1, -0.05) is 6.92 Å². The summed E-state index contributed by atoms with van der Waals surface area (Å²) < 4.78 is 5.23. The molecule has 1 fully saturated rings. The van der Waals surface area contributed by atoms with E-state index in [1.54, 1.807) is 18.4 Å². The molecule has 2 heterocycles. The summed E-state index contributed by atoms with van der Waals surface area (Å²) in [5.74, 6) is 0.900. The number of nitrogens with one attached hydrogen (secondary N) is 1. The van der Waals surface area contributed by atoms with Gasteiger partial charge in [0.2, 0.25) is 5.91 Å². The SMILES string of the molecule is CC[C@@H](CN1CCCC1)NC(=O)Cc1sc(C)nc1-c1ccc(OC)cc1. The highest BCUT2D eigenvalue weighted by molar-refractivity contribution is 7.12. The highest BCUT2D eigenvalue weighted by Gasteiger charge is 2.20. The maximum Gasteiger partial charge on any atom is 0.225 e. The Morgan fingerprint density at radius 3 is 2.63 bits per heavy atom. The predicted octanol–water partition coefficient (Wildman–Crippen LogP) is 3.66. The zero-order valence-corrected chi connectivity index (χ0v) is 17.3. The average molecular weight is 388 g/mol. The number of thiazole rings is 1. The Balaban J connectivity index is 1.66. The number of aryl methyl sites for hydroxylation is 1. The van der Waals surface area contributed by atoms with E-state index in [1.807, 2.05) is 31.2 Å². The fraction of sp³-hybridized carbons (Fsp3) is 0.524. The second-order valence-corrected chi connectivity index (χ2v) is 8.38. The van der Waals surface area contributed by atoms with Crippen molar-refractivity contribution in [3.63, 3.8) is 0 Å². The predicted molar refractivity (Wildman–Crippen MR) is 110 cm³/mol. The second-order valence-electron chi connectivity index (χ2n) is 7.09. The first kappa shape index (κ1) is 19.8. The molecule has 0 spiro atoms. The minimum absolute atomic E-state index is 0.0828. The molecular formula is C21H29N3O2S. The van der Waals surface area contributed by atoms with Gasteiger partial charge in [0.15, 0.2) is 0 Å². The molecule has 27 heavy (non-hydrogen) atoms. The van der Waals surface area contributed by atoms with Crippen molar-refractivity contribution < 1.29 is 9.53 Å². The van der Waals surface area contributed by atoms with Crippen molar-refractivity contribution in [2.24, 2.45) is 0 Å². The van der Waals surface area contributed by atoms with Gasteiger partial charge in [0.05, 0.1) is 24.2 Å². The van der Waals surface area contributed by atoms with Gasteiger partial charge in [-0.2, -0.15) is 0 Å². The van der Waals surface area contributed by atoms with E-state index in [1.165, 1.54) is 12.8 Å². The van der Waals surface area contributed by atoms with E-state index < -0.39 is 0 Å². The normalized spacial score (nSPS) is 15.7. The number of ether oxygens (including phenoxy) is 1. The molecule has 1 aromatic heterocycles. The van der Waals surface area contributed by atoms with Crippen LogP contribution in [0.3, 0.4) is 0 Å². The summed E-state index contributed by atoms with van der Waals surface area (Å²) in [6, 6.07) is 8.07. The van der Waals surface area contributed by atoms with E-state index in [9.17, 15) is 4.79 Å². The number of nitrogens with zero attached hydrogens (tertiary/aromatic N) is 2. The van der Waals surface area contributed by atoms with Crippen molar-refractivity contribution >= 4 is 17.2 Å². The average Bonchev–Trinajstić information content (AvgIpc) is 3.30. The van der Waals surface area contributed by atoms with Crippen LogP contribution in [0.4, 0.5) is 0 Å². The third kappa shape index (κ3) is 5.30. The van der Waals surface area contributed by atoms with Crippen LogP contribution in [0.5, 0.6) is 5.75 Å². The molecule has 3 rings (SSSR count). The van der Waals surface area contributed by atoms with Gasteiger partial charge in [0.25, 0.3) is 0 Å². The summed E-state index contributed by atoms with van der Waals surface area (Å²) in [5, 5.41) is 4.21. The lowest BCUT2D eigenvalue weighted by Crippen LogP contribution is -2.43. The molecule has 0 bridgehead atoms. The molecule has 1 aliphatic rings. The molecule has 1 atom stereocenters. The van der Waals surface area contributed by atoms with Gasteiger partial charge in [-0.05, 0) is 63.5 Å². The number of hydrogen-bond acceptors (Lipinski definition) is 5. The minimum Gasteiger partial charge on any atom is -0.497 e.